The normalized spacial score (nSPS) is 20.8. The van der Waals surface area contributed by atoms with Gasteiger partial charge < -0.3 is 10.1 Å². The first-order valence-corrected chi connectivity index (χ1v) is 8.33. The minimum absolute atomic E-state index is 0.0293. The standard InChI is InChI=1S/C12H18N4O4S/c1-8-5-11(20-2)16-12(14-8)15-10(17)6-9-7-21(18,19)4-3-13-9/h5,9,13H,3-4,6-7H2,1-2H3,(H,14,15,16,17). The van der Waals surface area contributed by atoms with E-state index >= 15 is 0 Å². The Morgan fingerprint density at radius 3 is 2.95 bits per heavy atom. The molecule has 1 atom stereocenters. The Balaban J connectivity index is 1.97. The number of aryl methyl sites for hydroxylation is 1. The van der Waals surface area contributed by atoms with E-state index < -0.39 is 9.84 Å². The molecule has 1 amide bonds. The van der Waals surface area contributed by atoms with Crippen molar-refractivity contribution in [2.24, 2.45) is 0 Å². The maximum atomic E-state index is 11.9. The highest BCUT2D eigenvalue weighted by Crippen LogP contribution is 2.12. The molecule has 21 heavy (non-hydrogen) atoms. The minimum atomic E-state index is -3.06. The maximum Gasteiger partial charge on any atom is 0.232 e. The summed E-state index contributed by atoms with van der Waals surface area (Å²) in [7, 11) is -1.59. The van der Waals surface area contributed by atoms with Crippen molar-refractivity contribution < 1.29 is 17.9 Å². The van der Waals surface area contributed by atoms with Crippen LogP contribution in [-0.4, -0.2) is 55.5 Å². The van der Waals surface area contributed by atoms with E-state index in [4.69, 9.17) is 4.74 Å². The summed E-state index contributed by atoms with van der Waals surface area (Å²) in [4.78, 5) is 20.0. The van der Waals surface area contributed by atoms with Crippen molar-refractivity contribution >= 4 is 21.7 Å². The van der Waals surface area contributed by atoms with E-state index in [0.29, 0.717) is 18.1 Å². The zero-order valence-electron chi connectivity index (χ0n) is 11.9. The smallest absolute Gasteiger partial charge is 0.232 e. The van der Waals surface area contributed by atoms with Crippen molar-refractivity contribution in [1.29, 1.82) is 0 Å². The largest absolute Gasteiger partial charge is 0.481 e. The average molecular weight is 314 g/mol. The SMILES string of the molecule is COc1cc(C)nc(NC(=O)CC2CS(=O)(=O)CCN2)n1. The van der Waals surface area contributed by atoms with Gasteiger partial charge in [-0.15, -0.1) is 0 Å². The number of anilines is 1. The topological polar surface area (TPSA) is 110 Å². The third-order valence-corrected chi connectivity index (χ3v) is 4.76. The van der Waals surface area contributed by atoms with Crippen LogP contribution in [-0.2, 0) is 14.6 Å². The Bertz CT molecular complexity index is 632. The fourth-order valence-electron chi connectivity index (χ4n) is 2.10. The summed E-state index contributed by atoms with van der Waals surface area (Å²) in [6.07, 6.45) is 0.0544. The molecule has 1 aromatic rings. The summed E-state index contributed by atoms with van der Waals surface area (Å²) in [5.41, 5.74) is 0.663. The highest BCUT2D eigenvalue weighted by Gasteiger charge is 2.26. The lowest BCUT2D eigenvalue weighted by Gasteiger charge is -2.22. The van der Waals surface area contributed by atoms with Crippen LogP contribution in [0.25, 0.3) is 0 Å². The van der Waals surface area contributed by atoms with Crippen molar-refractivity contribution in [1.82, 2.24) is 15.3 Å². The van der Waals surface area contributed by atoms with Crippen LogP contribution < -0.4 is 15.4 Å². The molecule has 0 saturated carbocycles. The predicted octanol–water partition coefficient (Wildman–Crippen LogP) is -0.491. The van der Waals surface area contributed by atoms with Gasteiger partial charge in [0.25, 0.3) is 0 Å². The Hall–Kier alpha value is -1.74. The van der Waals surface area contributed by atoms with Crippen molar-refractivity contribution in [3.05, 3.63) is 11.8 Å². The van der Waals surface area contributed by atoms with E-state index in [9.17, 15) is 13.2 Å². The summed E-state index contributed by atoms with van der Waals surface area (Å²) in [6.45, 7) is 2.13. The number of hydrogen-bond donors (Lipinski definition) is 2. The quantitative estimate of drug-likeness (QED) is 0.771. The molecule has 9 heteroatoms. The van der Waals surface area contributed by atoms with Crippen molar-refractivity contribution in [3.8, 4) is 5.88 Å². The molecular weight excluding hydrogens is 296 g/mol. The molecule has 1 unspecified atom stereocenters. The van der Waals surface area contributed by atoms with Crippen LogP contribution >= 0.6 is 0 Å². The van der Waals surface area contributed by atoms with Gasteiger partial charge in [-0.25, -0.2) is 13.4 Å². The third-order valence-electron chi connectivity index (χ3n) is 3.02. The van der Waals surface area contributed by atoms with Gasteiger partial charge in [0.15, 0.2) is 9.84 Å². The monoisotopic (exact) mass is 314 g/mol. The number of methoxy groups -OCH3 is 1. The van der Waals surface area contributed by atoms with Gasteiger partial charge in [0.1, 0.15) is 0 Å². The lowest BCUT2D eigenvalue weighted by molar-refractivity contribution is -0.116. The number of aromatic nitrogens is 2. The molecule has 0 radical (unpaired) electrons. The molecule has 0 aromatic carbocycles. The first-order valence-electron chi connectivity index (χ1n) is 6.51. The molecule has 1 aliphatic heterocycles. The van der Waals surface area contributed by atoms with Crippen LogP contribution in [0, 0.1) is 6.92 Å². The van der Waals surface area contributed by atoms with Crippen LogP contribution in [0.15, 0.2) is 6.07 Å². The zero-order valence-corrected chi connectivity index (χ0v) is 12.7. The summed E-state index contributed by atoms with van der Waals surface area (Å²) in [6, 6.07) is 1.26. The average Bonchev–Trinajstić information content (AvgIpc) is 2.36. The zero-order chi connectivity index (χ0) is 15.5. The predicted molar refractivity (Wildman–Crippen MR) is 77.0 cm³/mol. The molecule has 8 nitrogen and oxygen atoms in total. The van der Waals surface area contributed by atoms with E-state index in [2.05, 4.69) is 20.6 Å². The van der Waals surface area contributed by atoms with Crippen molar-refractivity contribution in [3.63, 3.8) is 0 Å². The fraction of sp³-hybridized carbons (Fsp3) is 0.583. The van der Waals surface area contributed by atoms with E-state index in [1.54, 1.807) is 13.0 Å². The van der Waals surface area contributed by atoms with Gasteiger partial charge in [-0.05, 0) is 6.92 Å². The molecule has 1 aromatic heterocycles. The van der Waals surface area contributed by atoms with Crippen LogP contribution in [0.1, 0.15) is 12.1 Å². The Labute approximate surface area is 123 Å². The summed E-state index contributed by atoms with van der Waals surface area (Å²) >= 11 is 0. The number of carbonyl (C=O) groups excluding carboxylic acids is 1. The molecular formula is C12H18N4O4S. The fourth-order valence-corrected chi connectivity index (χ4v) is 3.54. The molecule has 1 fully saturated rings. The number of nitrogens with one attached hydrogen (secondary N) is 2. The third kappa shape index (κ3) is 4.64. The molecule has 0 aliphatic carbocycles. The van der Waals surface area contributed by atoms with Gasteiger partial charge in [-0.2, -0.15) is 4.98 Å². The molecule has 1 saturated heterocycles. The van der Waals surface area contributed by atoms with Gasteiger partial charge in [0, 0.05) is 30.8 Å². The number of nitrogens with zero attached hydrogens (tertiary/aromatic N) is 2. The second-order valence-electron chi connectivity index (χ2n) is 4.89. The van der Waals surface area contributed by atoms with E-state index in [1.165, 1.54) is 7.11 Å². The minimum Gasteiger partial charge on any atom is -0.481 e. The summed E-state index contributed by atoms with van der Waals surface area (Å²) in [5.74, 6) is 0.255. The summed E-state index contributed by atoms with van der Waals surface area (Å²) in [5, 5.41) is 5.58. The van der Waals surface area contributed by atoms with Crippen LogP contribution in [0.4, 0.5) is 5.95 Å². The van der Waals surface area contributed by atoms with Crippen LogP contribution in [0.5, 0.6) is 5.88 Å². The molecule has 2 rings (SSSR count). The van der Waals surface area contributed by atoms with E-state index in [0.717, 1.165) is 0 Å². The van der Waals surface area contributed by atoms with Gasteiger partial charge in [-0.1, -0.05) is 0 Å². The lowest BCUT2D eigenvalue weighted by Crippen LogP contribution is -2.46. The van der Waals surface area contributed by atoms with Gasteiger partial charge in [0.05, 0.1) is 18.6 Å². The number of sulfone groups is 1. The number of rotatable bonds is 4. The molecule has 2 N–H and O–H groups in total. The van der Waals surface area contributed by atoms with E-state index in [1.807, 2.05) is 0 Å². The lowest BCUT2D eigenvalue weighted by atomic mass is 10.2. The second kappa shape index (κ2) is 6.35. The summed E-state index contributed by atoms with van der Waals surface area (Å²) < 4.78 is 28.0. The molecule has 0 bridgehead atoms. The molecule has 1 aliphatic rings. The number of hydrogen-bond acceptors (Lipinski definition) is 7. The maximum absolute atomic E-state index is 11.9. The van der Waals surface area contributed by atoms with Crippen LogP contribution in [0.2, 0.25) is 0 Å². The molecule has 2 heterocycles. The van der Waals surface area contributed by atoms with Gasteiger partial charge in [-0.3, -0.25) is 10.1 Å². The first-order chi connectivity index (χ1) is 9.88. The first kappa shape index (κ1) is 15.6. The molecule has 0 spiro atoms. The van der Waals surface area contributed by atoms with Gasteiger partial charge >= 0.3 is 0 Å². The molecule has 116 valence electrons. The van der Waals surface area contributed by atoms with Crippen molar-refractivity contribution in [2.75, 3.05) is 30.5 Å². The highest BCUT2D eigenvalue weighted by molar-refractivity contribution is 7.91. The Morgan fingerprint density at radius 1 is 1.52 bits per heavy atom. The number of carbonyl (C=O) groups is 1. The highest BCUT2D eigenvalue weighted by atomic mass is 32.2. The second-order valence-corrected chi connectivity index (χ2v) is 7.12. The van der Waals surface area contributed by atoms with E-state index in [-0.39, 0.29) is 35.8 Å². The number of ether oxygens (including phenoxy) is 1. The Kier molecular flexibility index (Phi) is 4.73. The Morgan fingerprint density at radius 2 is 2.29 bits per heavy atom. The van der Waals surface area contributed by atoms with Crippen LogP contribution in [0.3, 0.4) is 0 Å². The van der Waals surface area contributed by atoms with Gasteiger partial charge in [0.2, 0.25) is 17.7 Å². The number of amides is 1. The van der Waals surface area contributed by atoms with Crippen molar-refractivity contribution in [2.45, 2.75) is 19.4 Å².